The molecule has 1 aliphatic heterocycles. The molecule has 0 radical (unpaired) electrons. The summed E-state index contributed by atoms with van der Waals surface area (Å²) in [5.74, 6) is 1.23. The van der Waals surface area contributed by atoms with Gasteiger partial charge >= 0.3 is 0 Å². The largest absolute Gasteiger partial charge is 0.349 e. The van der Waals surface area contributed by atoms with Gasteiger partial charge in [-0.25, -0.2) is 4.39 Å². The van der Waals surface area contributed by atoms with Crippen LogP contribution in [-0.2, 0) is 9.59 Å². The maximum atomic E-state index is 14.2. The predicted octanol–water partition coefficient (Wildman–Crippen LogP) is 6.68. The number of carbonyl (C=O) groups excluding carboxylic acids is 2. The van der Waals surface area contributed by atoms with Gasteiger partial charge in [-0.1, -0.05) is 83.5 Å². The third-order valence-electron chi connectivity index (χ3n) is 10.8. The van der Waals surface area contributed by atoms with Gasteiger partial charge in [0.1, 0.15) is 12.7 Å². The molecule has 6 heteroatoms. The number of nitrogens with one attached hydrogen (secondary N) is 1. The van der Waals surface area contributed by atoms with Gasteiger partial charge in [0.05, 0.1) is 0 Å². The van der Waals surface area contributed by atoms with Crippen molar-refractivity contribution < 1.29 is 14.0 Å². The smallest absolute Gasteiger partial charge is 0.243 e. The fraction of sp³-hybridized carbons (Fsp3) is 0.938. The Balaban J connectivity index is 1.47. The zero-order valence-corrected chi connectivity index (χ0v) is 24.2. The van der Waals surface area contributed by atoms with E-state index in [1.54, 1.807) is 0 Å². The van der Waals surface area contributed by atoms with E-state index < -0.39 is 12.7 Å². The van der Waals surface area contributed by atoms with Crippen LogP contribution in [0.1, 0.15) is 135 Å². The Bertz CT molecular complexity index is 735. The van der Waals surface area contributed by atoms with Crippen LogP contribution in [0.3, 0.4) is 0 Å². The molecule has 218 valence electrons. The normalized spacial score (nSPS) is 32.8. The van der Waals surface area contributed by atoms with Crippen molar-refractivity contribution in [3.05, 3.63) is 0 Å². The summed E-state index contributed by atoms with van der Waals surface area (Å²) < 4.78 is 13.1. The Morgan fingerprint density at radius 3 is 1.97 bits per heavy atom. The monoisotopic (exact) mass is 533 g/mol. The van der Waals surface area contributed by atoms with Gasteiger partial charge in [-0.2, -0.15) is 0 Å². The Labute approximate surface area is 231 Å². The third-order valence-corrected chi connectivity index (χ3v) is 10.8. The molecule has 4 rings (SSSR count). The van der Waals surface area contributed by atoms with Crippen molar-refractivity contribution in [2.24, 2.45) is 29.4 Å². The summed E-state index contributed by atoms with van der Waals surface area (Å²) in [6.07, 6.45) is 22.5. The highest BCUT2D eigenvalue weighted by Gasteiger charge is 2.47. The lowest BCUT2D eigenvalue weighted by Gasteiger charge is -2.39. The van der Waals surface area contributed by atoms with Crippen molar-refractivity contribution in [2.45, 2.75) is 153 Å². The number of rotatable bonds is 6. The molecule has 1 heterocycles. The summed E-state index contributed by atoms with van der Waals surface area (Å²) in [6.45, 7) is 2.48. The van der Waals surface area contributed by atoms with Gasteiger partial charge in [-0.05, 0) is 69.6 Å². The van der Waals surface area contributed by atoms with Crippen LogP contribution >= 0.6 is 0 Å². The number of likely N-dealkylation sites (tertiary alicyclic amines) is 1. The Morgan fingerprint density at radius 1 is 0.842 bits per heavy atom. The minimum atomic E-state index is -0.487. The van der Waals surface area contributed by atoms with Gasteiger partial charge in [-0.3, -0.25) is 9.59 Å². The molecule has 3 aliphatic carbocycles. The fourth-order valence-electron chi connectivity index (χ4n) is 8.32. The Kier molecular flexibility index (Phi) is 11.3. The molecule has 0 aromatic heterocycles. The molecule has 5 nitrogen and oxygen atoms in total. The van der Waals surface area contributed by atoms with Crippen LogP contribution in [0, 0.1) is 23.7 Å². The van der Waals surface area contributed by atoms with Gasteiger partial charge in [0.2, 0.25) is 11.8 Å². The Morgan fingerprint density at radius 2 is 1.39 bits per heavy atom. The average Bonchev–Trinajstić information content (AvgIpc) is 3.37. The van der Waals surface area contributed by atoms with Crippen molar-refractivity contribution in [3.63, 3.8) is 0 Å². The number of hydrogen-bond donors (Lipinski definition) is 2. The van der Waals surface area contributed by atoms with Crippen molar-refractivity contribution in [3.8, 4) is 0 Å². The van der Waals surface area contributed by atoms with Crippen LogP contribution in [0.4, 0.5) is 4.39 Å². The number of amides is 2. The molecule has 3 saturated carbocycles. The lowest BCUT2D eigenvalue weighted by Crippen LogP contribution is -2.57. The molecule has 0 bridgehead atoms. The molecular formula is C32H56FN3O2. The molecule has 1 saturated heterocycles. The summed E-state index contributed by atoms with van der Waals surface area (Å²) >= 11 is 0. The van der Waals surface area contributed by atoms with Crippen LogP contribution in [-0.4, -0.2) is 47.6 Å². The lowest BCUT2D eigenvalue weighted by atomic mass is 9.75. The molecule has 4 fully saturated rings. The predicted molar refractivity (Wildman–Crippen MR) is 152 cm³/mol. The van der Waals surface area contributed by atoms with E-state index in [0.29, 0.717) is 12.5 Å². The number of hydrogen-bond acceptors (Lipinski definition) is 3. The highest BCUT2D eigenvalue weighted by Crippen LogP contribution is 2.41. The van der Waals surface area contributed by atoms with E-state index in [-0.39, 0.29) is 41.1 Å². The molecule has 3 N–H and O–H groups in total. The second kappa shape index (κ2) is 14.5. The topological polar surface area (TPSA) is 75.4 Å². The highest BCUT2D eigenvalue weighted by molar-refractivity contribution is 5.90. The number of carbonyl (C=O) groups is 2. The van der Waals surface area contributed by atoms with Gasteiger partial charge in [0, 0.05) is 24.0 Å². The van der Waals surface area contributed by atoms with Crippen LogP contribution in [0.2, 0.25) is 0 Å². The number of nitrogens with two attached hydrogens (primary N) is 1. The van der Waals surface area contributed by atoms with Gasteiger partial charge in [0.25, 0.3) is 0 Å². The quantitative estimate of drug-likeness (QED) is 0.400. The summed E-state index contributed by atoms with van der Waals surface area (Å²) in [4.78, 5) is 30.1. The van der Waals surface area contributed by atoms with Crippen molar-refractivity contribution in [1.82, 2.24) is 10.2 Å². The van der Waals surface area contributed by atoms with E-state index >= 15 is 0 Å². The first kappa shape index (κ1) is 29.8. The lowest BCUT2D eigenvalue weighted by molar-refractivity contribution is -0.144. The zero-order valence-electron chi connectivity index (χ0n) is 24.2. The minimum Gasteiger partial charge on any atom is -0.349 e. The first-order valence-corrected chi connectivity index (χ1v) is 16.4. The van der Waals surface area contributed by atoms with Gasteiger partial charge in [0.15, 0.2) is 0 Å². The molecule has 0 aromatic carbocycles. The second-order valence-electron chi connectivity index (χ2n) is 13.6. The maximum Gasteiger partial charge on any atom is 0.243 e. The number of halogens is 1. The van der Waals surface area contributed by atoms with E-state index in [2.05, 4.69) is 12.2 Å². The third kappa shape index (κ3) is 7.73. The van der Waals surface area contributed by atoms with Crippen molar-refractivity contribution >= 4 is 11.8 Å². The van der Waals surface area contributed by atoms with E-state index in [9.17, 15) is 14.0 Å². The maximum absolute atomic E-state index is 14.2. The van der Waals surface area contributed by atoms with Crippen LogP contribution in [0.15, 0.2) is 0 Å². The van der Waals surface area contributed by atoms with E-state index in [1.807, 2.05) is 4.90 Å². The first-order chi connectivity index (χ1) is 18.4. The molecule has 3 atom stereocenters. The highest BCUT2D eigenvalue weighted by atomic mass is 19.1. The van der Waals surface area contributed by atoms with Crippen molar-refractivity contribution in [1.29, 1.82) is 0 Å². The fourth-order valence-corrected chi connectivity index (χ4v) is 8.32. The zero-order chi connectivity index (χ0) is 27.0. The molecule has 38 heavy (non-hydrogen) atoms. The minimum absolute atomic E-state index is 0.0496. The van der Waals surface area contributed by atoms with Gasteiger partial charge < -0.3 is 16.0 Å². The van der Waals surface area contributed by atoms with E-state index in [4.69, 9.17) is 5.73 Å². The number of nitrogens with zero attached hydrogens (tertiary/aromatic N) is 1. The SMILES string of the molecule is CC1(NC(=O)[C@@H]2[C@H](C3CCCCC3)CCN2C(=O)C2CCC([C@H](N)CF)CC2)CCCCCCCCCC1. The van der Waals surface area contributed by atoms with Crippen molar-refractivity contribution in [2.75, 3.05) is 13.2 Å². The number of alkyl halides is 1. The molecule has 0 spiro atoms. The summed E-state index contributed by atoms with van der Waals surface area (Å²) in [5, 5.41) is 3.57. The first-order valence-electron chi connectivity index (χ1n) is 16.4. The Hall–Kier alpha value is -1.17. The second-order valence-corrected chi connectivity index (χ2v) is 13.6. The molecule has 4 aliphatic rings. The van der Waals surface area contributed by atoms with Crippen LogP contribution in [0.25, 0.3) is 0 Å². The van der Waals surface area contributed by atoms with Crippen LogP contribution < -0.4 is 11.1 Å². The van der Waals surface area contributed by atoms with Crippen LogP contribution in [0.5, 0.6) is 0 Å². The van der Waals surface area contributed by atoms with Gasteiger partial charge in [-0.15, -0.1) is 0 Å². The average molecular weight is 534 g/mol. The molecule has 0 unspecified atom stereocenters. The summed E-state index contributed by atoms with van der Waals surface area (Å²) in [7, 11) is 0. The van der Waals surface area contributed by atoms with E-state index in [0.717, 1.165) is 44.9 Å². The summed E-state index contributed by atoms with van der Waals surface area (Å²) in [6, 6.07) is -0.735. The molecular weight excluding hydrogens is 477 g/mol. The molecule has 2 amide bonds. The standard InChI is InChI=1S/C32H56FN3O2/c1-32(20-11-6-4-2-3-5-7-12-21-32)35-30(37)29-27(24-13-9-8-10-14-24)19-22-36(29)31(38)26-17-15-25(16-18-26)28(34)23-33/h24-29H,2-23,34H2,1H3,(H,35,37)/t25?,26?,27-,28+,29-/m0/s1. The van der Waals surface area contributed by atoms with E-state index in [1.165, 1.54) is 83.5 Å². The summed E-state index contributed by atoms with van der Waals surface area (Å²) in [5.41, 5.74) is 5.80. The molecule has 0 aromatic rings.